The largest absolute Gasteiger partial charge is 0.478 e. The van der Waals surface area contributed by atoms with Gasteiger partial charge in [0, 0.05) is 55.5 Å². The van der Waals surface area contributed by atoms with Gasteiger partial charge in [-0.15, -0.1) is 0 Å². The molecule has 7 nitrogen and oxygen atoms in total. The SMILES string of the molecule is Cc1c(F)cc(C2C(C(=O)O)=C(CCN(C)C)N(C)C(CCN3CCCCC3)=C2C(=O)O)c(F)c1F. The van der Waals surface area contributed by atoms with Gasteiger partial charge in [0.25, 0.3) is 0 Å². The minimum absolute atomic E-state index is 0.222. The van der Waals surface area contributed by atoms with E-state index in [9.17, 15) is 28.6 Å². The minimum atomic E-state index is -1.67. The van der Waals surface area contributed by atoms with Crippen LogP contribution in [0.15, 0.2) is 28.6 Å². The van der Waals surface area contributed by atoms with Crippen LogP contribution < -0.4 is 0 Å². The number of carboxylic acid groups (broad SMARTS) is 2. The second kappa shape index (κ2) is 11.5. The lowest BCUT2D eigenvalue weighted by molar-refractivity contribution is -0.133. The Balaban J connectivity index is 2.24. The van der Waals surface area contributed by atoms with Gasteiger partial charge in [0.2, 0.25) is 0 Å². The van der Waals surface area contributed by atoms with E-state index in [-0.39, 0.29) is 24.0 Å². The van der Waals surface area contributed by atoms with Crippen molar-refractivity contribution in [3.05, 3.63) is 57.2 Å². The van der Waals surface area contributed by atoms with Gasteiger partial charge in [-0.25, -0.2) is 22.8 Å². The van der Waals surface area contributed by atoms with Gasteiger partial charge in [-0.05, 0) is 53.0 Å². The van der Waals surface area contributed by atoms with E-state index in [1.165, 1.54) is 0 Å². The van der Waals surface area contributed by atoms with E-state index in [4.69, 9.17) is 0 Å². The number of piperidine rings is 1. The van der Waals surface area contributed by atoms with Crippen LogP contribution in [-0.2, 0) is 9.59 Å². The fourth-order valence-electron chi connectivity index (χ4n) is 5.10. The van der Waals surface area contributed by atoms with Gasteiger partial charge in [-0.2, -0.15) is 0 Å². The normalized spacial score (nSPS) is 19.4. The van der Waals surface area contributed by atoms with Gasteiger partial charge in [0.1, 0.15) is 5.82 Å². The number of rotatable bonds is 9. The Hall–Kier alpha value is -2.85. The average Bonchev–Trinajstić information content (AvgIpc) is 2.83. The van der Waals surface area contributed by atoms with Crippen molar-refractivity contribution < 1.29 is 33.0 Å². The van der Waals surface area contributed by atoms with Crippen LogP contribution in [0.3, 0.4) is 0 Å². The lowest BCUT2D eigenvalue weighted by atomic mass is 9.78. The highest BCUT2D eigenvalue weighted by molar-refractivity contribution is 5.98. The van der Waals surface area contributed by atoms with Gasteiger partial charge >= 0.3 is 11.9 Å². The highest BCUT2D eigenvalue weighted by Gasteiger charge is 2.42. The standard InChI is InChI=1S/C26H34F3N3O4/c1-15-17(27)14-16(24(29)23(15)28)20-21(25(33)34)18(8-12-30(2)3)31(4)19(22(20)26(35)36)9-13-32-10-6-5-7-11-32/h14,20H,5-13H2,1-4H3,(H,33,34)(H,35,36). The summed E-state index contributed by atoms with van der Waals surface area (Å²) >= 11 is 0. The molecule has 2 heterocycles. The first-order valence-corrected chi connectivity index (χ1v) is 12.1. The number of halogens is 3. The molecule has 0 amide bonds. The van der Waals surface area contributed by atoms with E-state index in [0.717, 1.165) is 45.3 Å². The molecule has 1 aromatic rings. The van der Waals surface area contributed by atoms with Gasteiger partial charge in [-0.3, -0.25) is 0 Å². The molecule has 2 aliphatic rings. The Morgan fingerprint density at radius 1 is 0.972 bits per heavy atom. The number of carboxylic acids is 2. The van der Waals surface area contributed by atoms with Crippen molar-refractivity contribution in [1.29, 1.82) is 0 Å². The molecule has 0 aromatic heterocycles. The maximum absolute atomic E-state index is 15.2. The maximum atomic E-state index is 15.2. The molecular formula is C26H34F3N3O4. The molecule has 0 spiro atoms. The molecule has 0 aliphatic carbocycles. The van der Waals surface area contributed by atoms with E-state index in [1.54, 1.807) is 11.9 Å². The van der Waals surface area contributed by atoms with Crippen molar-refractivity contribution in [2.45, 2.75) is 44.9 Å². The van der Waals surface area contributed by atoms with E-state index >= 15 is 4.39 Å². The summed E-state index contributed by atoms with van der Waals surface area (Å²) in [5.74, 6) is -8.55. The molecule has 0 bridgehead atoms. The summed E-state index contributed by atoms with van der Waals surface area (Å²) in [6, 6.07) is 0.724. The Labute approximate surface area is 209 Å². The molecule has 36 heavy (non-hydrogen) atoms. The van der Waals surface area contributed by atoms with E-state index in [0.29, 0.717) is 24.5 Å². The van der Waals surface area contributed by atoms with Crippen LogP contribution in [0.2, 0.25) is 0 Å². The minimum Gasteiger partial charge on any atom is -0.478 e. The second-order valence-corrected chi connectivity index (χ2v) is 9.73. The summed E-state index contributed by atoms with van der Waals surface area (Å²) in [7, 11) is 5.22. The van der Waals surface area contributed by atoms with Crippen LogP contribution in [0.5, 0.6) is 0 Å². The third-order valence-electron chi connectivity index (χ3n) is 7.11. The summed E-state index contributed by atoms with van der Waals surface area (Å²) in [4.78, 5) is 30.7. The van der Waals surface area contributed by atoms with Gasteiger partial charge in [-0.1, -0.05) is 6.42 Å². The molecule has 3 rings (SSSR count). The Morgan fingerprint density at radius 3 is 2.06 bits per heavy atom. The predicted molar refractivity (Wildman–Crippen MR) is 129 cm³/mol. The fraction of sp³-hybridized carbons (Fsp3) is 0.538. The summed E-state index contributed by atoms with van der Waals surface area (Å²) in [5.41, 5.74) is -1.33. The fourth-order valence-corrected chi connectivity index (χ4v) is 5.10. The monoisotopic (exact) mass is 509 g/mol. The van der Waals surface area contributed by atoms with Crippen LogP contribution >= 0.6 is 0 Å². The zero-order chi connectivity index (χ0) is 26.7. The topological polar surface area (TPSA) is 84.3 Å². The highest BCUT2D eigenvalue weighted by atomic mass is 19.2. The lowest BCUT2D eigenvalue weighted by Crippen LogP contribution is -2.37. The molecule has 1 aromatic carbocycles. The van der Waals surface area contributed by atoms with Crippen molar-refractivity contribution >= 4 is 11.9 Å². The number of aliphatic carboxylic acids is 2. The lowest BCUT2D eigenvalue weighted by Gasteiger charge is -2.39. The number of hydrogen-bond acceptors (Lipinski definition) is 5. The smallest absolute Gasteiger partial charge is 0.334 e. The van der Waals surface area contributed by atoms with Crippen LogP contribution in [0, 0.1) is 24.4 Å². The molecule has 198 valence electrons. The summed E-state index contributed by atoms with van der Waals surface area (Å²) in [5, 5.41) is 20.4. The zero-order valence-electron chi connectivity index (χ0n) is 21.2. The molecular weight excluding hydrogens is 475 g/mol. The predicted octanol–water partition coefficient (Wildman–Crippen LogP) is 3.95. The van der Waals surface area contributed by atoms with Crippen molar-refractivity contribution in [1.82, 2.24) is 14.7 Å². The summed E-state index contributed by atoms with van der Waals surface area (Å²) in [6.45, 7) is 3.78. The summed E-state index contributed by atoms with van der Waals surface area (Å²) in [6.07, 6.45) is 3.69. The van der Waals surface area contributed by atoms with Crippen molar-refractivity contribution in [2.24, 2.45) is 0 Å². The maximum Gasteiger partial charge on any atom is 0.334 e. The molecule has 2 aliphatic heterocycles. The third-order valence-corrected chi connectivity index (χ3v) is 7.11. The van der Waals surface area contributed by atoms with Gasteiger partial charge in [0.05, 0.1) is 17.1 Å². The summed E-state index contributed by atoms with van der Waals surface area (Å²) < 4.78 is 44.4. The first-order chi connectivity index (χ1) is 17.0. The highest BCUT2D eigenvalue weighted by Crippen LogP contribution is 2.45. The van der Waals surface area contributed by atoms with Crippen molar-refractivity contribution in [3.63, 3.8) is 0 Å². The zero-order valence-corrected chi connectivity index (χ0v) is 21.2. The van der Waals surface area contributed by atoms with Crippen LogP contribution in [0.1, 0.15) is 49.1 Å². The van der Waals surface area contributed by atoms with Crippen molar-refractivity contribution in [3.8, 4) is 0 Å². The number of carbonyl (C=O) groups is 2. The van der Waals surface area contributed by atoms with E-state index < -0.39 is 46.4 Å². The number of hydrogen-bond donors (Lipinski definition) is 2. The van der Waals surface area contributed by atoms with E-state index in [1.807, 2.05) is 19.0 Å². The van der Waals surface area contributed by atoms with E-state index in [2.05, 4.69) is 4.90 Å². The molecule has 10 heteroatoms. The molecule has 1 fully saturated rings. The number of benzene rings is 1. The molecule has 1 atom stereocenters. The molecule has 2 N–H and O–H groups in total. The quantitative estimate of drug-likeness (QED) is 0.488. The van der Waals surface area contributed by atoms with Crippen LogP contribution in [0.4, 0.5) is 13.2 Å². The van der Waals surface area contributed by atoms with Gasteiger partial charge < -0.3 is 24.9 Å². The number of likely N-dealkylation sites (tertiary alicyclic amines) is 1. The Morgan fingerprint density at radius 2 is 1.53 bits per heavy atom. The molecule has 0 radical (unpaired) electrons. The second-order valence-electron chi connectivity index (χ2n) is 9.73. The van der Waals surface area contributed by atoms with Crippen LogP contribution in [0.25, 0.3) is 0 Å². The first kappa shape index (κ1) is 27.7. The Kier molecular flexibility index (Phi) is 8.84. The van der Waals surface area contributed by atoms with Crippen LogP contribution in [-0.4, -0.2) is 84.2 Å². The molecule has 0 saturated carbocycles. The first-order valence-electron chi connectivity index (χ1n) is 12.1. The number of nitrogens with zero attached hydrogens (tertiary/aromatic N) is 3. The Bertz CT molecular complexity index is 1090. The van der Waals surface area contributed by atoms with Crippen molar-refractivity contribution in [2.75, 3.05) is 47.3 Å². The molecule has 1 unspecified atom stereocenters. The van der Waals surface area contributed by atoms with Gasteiger partial charge in [0.15, 0.2) is 11.6 Å². The third kappa shape index (κ3) is 5.59. The average molecular weight is 510 g/mol. The molecule has 1 saturated heterocycles.